The molecule has 1 aliphatic heterocycles. The van der Waals surface area contributed by atoms with Gasteiger partial charge in [-0.05, 0) is 55.0 Å². The number of carbonyl (C=O) groups excluding carboxylic acids is 2. The van der Waals surface area contributed by atoms with Crippen molar-refractivity contribution in [1.82, 2.24) is 10.2 Å². The van der Waals surface area contributed by atoms with E-state index in [4.69, 9.17) is 4.74 Å². The lowest BCUT2D eigenvalue weighted by Gasteiger charge is -2.32. The summed E-state index contributed by atoms with van der Waals surface area (Å²) in [5.74, 6) is 1.12. The maximum absolute atomic E-state index is 12.6. The molecule has 0 radical (unpaired) electrons. The van der Waals surface area contributed by atoms with Gasteiger partial charge in [0.1, 0.15) is 5.75 Å². The number of nitrogens with one attached hydrogen (secondary N) is 1. The fourth-order valence-electron chi connectivity index (χ4n) is 3.49. The van der Waals surface area contributed by atoms with Crippen molar-refractivity contribution >= 4 is 11.8 Å². The molecule has 1 N–H and O–H groups in total. The average molecular weight is 395 g/mol. The number of ether oxygens (including phenoxy) is 1. The summed E-state index contributed by atoms with van der Waals surface area (Å²) < 4.78 is 5.83. The number of carbonyl (C=O) groups is 2. The molecular weight excluding hydrogens is 364 g/mol. The highest BCUT2D eigenvalue weighted by Gasteiger charge is 2.24. The molecule has 2 amide bonds. The van der Waals surface area contributed by atoms with Crippen LogP contribution in [0.25, 0.3) is 0 Å². The summed E-state index contributed by atoms with van der Waals surface area (Å²) in [5, 5.41) is 3.07. The zero-order chi connectivity index (χ0) is 20.8. The van der Waals surface area contributed by atoms with Crippen LogP contribution in [0.5, 0.6) is 5.75 Å². The predicted molar refractivity (Wildman–Crippen MR) is 114 cm³/mol. The van der Waals surface area contributed by atoms with Gasteiger partial charge in [0.2, 0.25) is 0 Å². The first-order valence-electron chi connectivity index (χ1n) is 10.3. The van der Waals surface area contributed by atoms with Gasteiger partial charge in [-0.15, -0.1) is 0 Å². The Balaban J connectivity index is 1.47. The number of hydrogen-bond acceptors (Lipinski definition) is 3. The molecule has 1 aliphatic rings. The van der Waals surface area contributed by atoms with Crippen LogP contribution in [0.15, 0.2) is 48.5 Å². The number of nitrogens with zero attached hydrogens (tertiary/aromatic N) is 1. The molecule has 29 heavy (non-hydrogen) atoms. The third kappa shape index (κ3) is 5.59. The molecule has 0 atom stereocenters. The molecule has 5 nitrogen and oxygen atoms in total. The van der Waals surface area contributed by atoms with Crippen LogP contribution in [-0.2, 0) is 4.79 Å². The minimum absolute atomic E-state index is 0.00724. The summed E-state index contributed by atoms with van der Waals surface area (Å²) in [6.45, 7) is 7.58. The molecule has 154 valence electrons. The van der Waals surface area contributed by atoms with Crippen LogP contribution >= 0.6 is 0 Å². The highest BCUT2D eigenvalue weighted by atomic mass is 16.5. The number of likely N-dealkylation sites (tertiary alicyclic amines) is 1. The topological polar surface area (TPSA) is 58.6 Å². The number of benzene rings is 2. The molecule has 0 saturated carbocycles. The SMILES string of the molecule is Cc1ccc(C(C)C)cc1OCC(=O)N1CCC(NC(=O)c2ccccc2)CC1. The second-order valence-corrected chi connectivity index (χ2v) is 7.96. The van der Waals surface area contributed by atoms with E-state index in [1.807, 2.05) is 54.3 Å². The first kappa shape index (κ1) is 20.9. The van der Waals surface area contributed by atoms with Crippen LogP contribution in [0.3, 0.4) is 0 Å². The normalized spacial score (nSPS) is 14.7. The molecular formula is C24H30N2O3. The van der Waals surface area contributed by atoms with E-state index in [-0.39, 0.29) is 24.5 Å². The molecule has 1 saturated heterocycles. The van der Waals surface area contributed by atoms with Crippen LogP contribution in [-0.4, -0.2) is 42.5 Å². The minimum atomic E-state index is -0.0563. The summed E-state index contributed by atoms with van der Waals surface area (Å²) in [6, 6.07) is 15.5. The van der Waals surface area contributed by atoms with Crippen molar-refractivity contribution < 1.29 is 14.3 Å². The van der Waals surface area contributed by atoms with E-state index in [0.29, 0.717) is 24.6 Å². The molecule has 0 unspecified atom stereocenters. The molecule has 0 aromatic heterocycles. The van der Waals surface area contributed by atoms with Crippen LogP contribution in [0, 0.1) is 6.92 Å². The third-order valence-electron chi connectivity index (χ3n) is 5.45. The lowest BCUT2D eigenvalue weighted by Crippen LogP contribution is -2.47. The van der Waals surface area contributed by atoms with Crippen molar-refractivity contribution in [2.75, 3.05) is 19.7 Å². The number of aryl methyl sites for hydroxylation is 1. The fraction of sp³-hybridized carbons (Fsp3) is 0.417. The standard InChI is InChI=1S/C24H30N2O3/c1-17(2)20-10-9-18(3)22(15-20)29-16-23(27)26-13-11-21(12-14-26)25-24(28)19-7-5-4-6-8-19/h4-10,15,17,21H,11-14,16H2,1-3H3,(H,25,28). The first-order valence-corrected chi connectivity index (χ1v) is 10.3. The Labute approximate surface area is 173 Å². The number of piperidine rings is 1. The van der Waals surface area contributed by atoms with Gasteiger partial charge in [0.15, 0.2) is 6.61 Å². The molecule has 0 spiro atoms. The molecule has 2 aromatic carbocycles. The van der Waals surface area contributed by atoms with Gasteiger partial charge in [-0.2, -0.15) is 0 Å². The second-order valence-electron chi connectivity index (χ2n) is 7.96. The average Bonchev–Trinajstić information content (AvgIpc) is 2.74. The summed E-state index contributed by atoms with van der Waals surface area (Å²) >= 11 is 0. The van der Waals surface area contributed by atoms with Crippen LogP contribution in [0.1, 0.15) is 54.1 Å². The lowest BCUT2D eigenvalue weighted by atomic mass is 10.0. The van der Waals surface area contributed by atoms with Crippen LogP contribution < -0.4 is 10.1 Å². The highest BCUT2D eigenvalue weighted by molar-refractivity contribution is 5.94. The van der Waals surface area contributed by atoms with Gasteiger partial charge in [0, 0.05) is 24.7 Å². The van der Waals surface area contributed by atoms with Gasteiger partial charge in [-0.25, -0.2) is 0 Å². The summed E-state index contributed by atoms with van der Waals surface area (Å²) in [4.78, 5) is 26.7. The van der Waals surface area contributed by atoms with E-state index in [9.17, 15) is 9.59 Å². The summed E-state index contributed by atoms with van der Waals surface area (Å²) in [6.07, 6.45) is 1.51. The number of hydrogen-bond donors (Lipinski definition) is 1. The highest BCUT2D eigenvalue weighted by Crippen LogP contribution is 2.24. The van der Waals surface area contributed by atoms with Gasteiger partial charge in [-0.1, -0.05) is 44.2 Å². The largest absolute Gasteiger partial charge is 0.483 e. The van der Waals surface area contributed by atoms with E-state index < -0.39 is 0 Å². The third-order valence-corrected chi connectivity index (χ3v) is 5.45. The lowest BCUT2D eigenvalue weighted by molar-refractivity contribution is -0.134. The van der Waals surface area contributed by atoms with Crippen LogP contribution in [0.2, 0.25) is 0 Å². The van der Waals surface area contributed by atoms with Crippen LogP contribution in [0.4, 0.5) is 0 Å². The van der Waals surface area contributed by atoms with Crippen molar-refractivity contribution in [3.63, 3.8) is 0 Å². The van der Waals surface area contributed by atoms with Gasteiger partial charge >= 0.3 is 0 Å². The maximum atomic E-state index is 12.6. The quantitative estimate of drug-likeness (QED) is 0.808. The van der Waals surface area contributed by atoms with Crippen molar-refractivity contribution in [3.8, 4) is 5.75 Å². The molecule has 1 heterocycles. The van der Waals surface area contributed by atoms with Gasteiger partial charge in [0.05, 0.1) is 0 Å². The molecule has 2 aromatic rings. The Hall–Kier alpha value is -2.82. The van der Waals surface area contributed by atoms with Gasteiger partial charge in [-0.3, -0.25) is 9.59 Å². The van der Waals surface area contributed by atoms with Gasteiger partial charge < -0.3 is 15.0 Å². The first-order chi connectivity index (χ1) is 13.9. The maximum Gasteiger partial charge on any atom is 0.260 e. The van der Waals surface area contributed by atoms with E-state index in [2.05, 4.69) is 25.2 Å². The smallest absolute Gasteiger partial charge is 0.260 e. The number of rotatable bonds is 6. The number of amides is 2. The Kier molecular flexibility index (Phi) is 6.91. The molecule has 5 heteroatoms. The van der Waals surface area contributed by atoms with E-state index in [1.54, 1.807) is 0 Å². The molecule has 1 fully saturated rings. The fourth-order valence-corrected chi connectivity index (χ4v) is 3.49. The Morgan fingerprint density at radius 3 is 2.45 bits per heavy atom. The predicted octanol–water partition coefficient (Wildman–Crippen LogP) is 3.92. The zero-order valence-corrected chi connectivity index (χ0v) is 17.5. The Bertz CT molecular complexity index is 840. The zero-order valence-electron chi connectivity index (χ0n) is 17.5. The molecule has 3 rings (SSSR count). The summed E-state index contributed by atoms with van der Waals surface area (Å²) in [7, 11) is 0. The molecule has 0 bridgehead atoms. The minimum Gasteiger partial charge on any atom is -0.483 e. The monoisotopic (exact) mass is 394 g/mol. The Morgan fingerprint density at radius 2 is 1.79 bits per heavy atom. The summed E-state index contributed by atoms with van der Waals surface area (Å²) in [5.41, 5.74) is 2.90. The van der Waals surface area contributed by atoms with Crippen molar-refractivity contribution in [2.45, 2.75) is 45.6 Å². The van der Waals surface area contributed by atoms with E-state index >= 15 is 0 Å². The van der Waals surface area contributed by atoms with Crippen molar-refractivity contribution in [2.24, 2.45) is 0 Å². The van der Waals surface area contributed by atoms with E-state index in [0.717, 1.165) is 24.2 Å². The van der Waals surface area contributed by atoms with E-state index in [1.165, 1.54) is 5.56 Å². The molecule has 0 aliphatic carbocycles. The Morgan fingerprint density at radius 1 is 1.10 bits per heavy atom. The van der Waals surface area contributed by atoms with Crippen molar-refractivity contribution in [3.05, 3.63) is 65.2 Å². The second kappa shape index (κ2) is 9.59. The van der Waals surface area contributed by atoms with Gasteiger partial charge in [0.25, 0.3) is 11.8 Å². The van der Waals surface area contributed by atoms with Crippen molar-refractivity contribution in [1.29, 1.82) is 0 Å².